The first kappa shape index (κ1) is 19.7. The summed E-state index contributed by atoms with van der Waals surface area (Å²) in [6.45, 7) is 0.306. The van der Waals surface area contributed by atoms with Gasteiger partial charge < -0.3 is 10.5 Å². The Kier molecular flexibility index (Phi) is 7.61. The Morgan fingerprint density at radius 2 is 2.05 bits per heavy atom. The zero-order chi connectivity index (χ0) is 15.5. The van der Waals surface area contributed by atoms with E-state index >= 15 is 0 Å². The van der Waals surface area contributed by atoms with Crippen LogP contribution in [0.5, 0.6) is 5.75 Å². The largest absolute Gasteiger partial charge is 0.495 e. The van der Waals surface area contributed by atoms with E-state index in [4.69, 9.17) is 10.5 Å². The van der Waals surface area contributed by atoms with E-state index in [-0.39, 0.29) is 23.3 Å². The van der Waals surface area contributed by atoms with Crippen molar-refractivity contribution in [2.24, 2.45) is 11.7 Å². The second-order valence-corrected chi connectivity index (χ2v) is 7.90. The maximum Gasteiger partial charge on any atom is 0.244 e. The lowest BCUT2D eigenvalue weighted by molar-refractivity contribution is 0.394. The summed E-state index contributed by atoms with van der Waals surface area (Å²) >= 11 is 3.30. The predicted molar refractivity (Wildman–Crippen MR) is 93.1 cm³/mol. The van der Waals surface area contributed by atoms with Gasteiger partial charge in [0.05, 0.1) is 7.11 Å². The van der Waals surface area contributed by atoms with Crippen molar-refractivity contribution in [2.45, 2.75) is 36.6 Å². The molecule has 0 amide bonds. The van der Waals surface area contributed by atoms with Crippen LogP contribution >= 0.6 is 28.3 Å². The molecule has 5 nitrogen and oxygen atoms in total. The van der Waals surface area contributed by atoms with E-state index in [0.717, 1.165) is 25.7 Å². The summed E-state index contributed by atoms with van der Waals surface area (Å²) in [4.78, 5) is 0.135. The van der Waals surface area contributed by atoms with E-state index in [1.165, 1.54) is 7.11 Å². The van der Waals surface area contributed by atoms with E-state index in [1.807, 2.05) is 0 Å². The van der Waals surface area contributed by atoms with E-state index in [2.05, 4.69) is 20.7 Å². The van der Waals surface area contributed by atoms with Crippen molar-refractivity contribution in [1.82, 2.24) is 4.72 Å². The highest BCUT2D eigenvalue weighted by Gasteiger charge is 2.29. The molecule has 3 N–H and O–H groups in total. The smallest absolute Gasteiger partial charge is 0.244 e. The van der Waals surface area contributed by atoms with Gasteiger partial charge in [-0.1, -0.05) is 28.8 Å². The Bertz CT molecular complexity index is 592. The molecule has 1 aliphatic carbocycles. The van der Waals surface area contributed by atoms with Gasteiger partial charge in [-0.25, -0.2) is 13.1 Å². The van der Waals surface area contributed by atoms with Crippen LogP contribution in [0.25, 0.3) is 0 Å². The highest BCUT2D eigenvalue weighted by Crippen LogP contribution is 2.30. The molecule has 0 bridgehead atoms. The molecular formula is C14H22BrClN2O3S. The lowest BCUT2D eigenvalue weighted by Gasteiger charge is -2.23. The van der Waals surface area contributed by atoms with Crippen molar-refractivity contribution in [1.29, 1.82) is 0 Å². The van der Waals surface area contributed by atoms with Crippen molar-refractivity contribution in [3.8, 4) is 5.75 Å². The third-order valence-corrected chi connectivity index (χ3v) is 5.95. The highest BCUT2D eigenvalue weighted by atomic mass is 79.9. The van der Waals surface area contributed by atoms with Gasteiger partial charge in [-0.3, -0.25) is 0 Å². The number of rotatable bonds is 6. The van der Waals surface area contributed by atoms with Gasteiger partial charge in [-0.15, -0.1) is 12.4 Å². The van der Waals surface area contributed by atoms with Crippen molar-refractivity contribution in [2.75, 3.05) is 13.7 Å². The van der Waals surface area contributed by atoms with E-state index in [0.29, 0.717) is 22.7 Å². The van der Waals surface area contributed by atoms with Gasteiger partial charge in [0.1, 0.15) is 10.6 Å². The number of hydrogen-bond donors (Lipinski definition) is 2. The van der Waals surface area contributed by atoms with Gasteiger partial charge in [-0.2, -0.15) is 0 Å². The predicted octanol–water partition coefficient (Wildman–Crippen LogP) is 2.68. The van der Waals surface area contributed by atoms with Gasteiger partial charge in [0.15, 0.2) is 0 Å². The number of hydrogen-bond acceptors (Lipinski definition) is 4. The summed E-state index contributed by atoms with van der Waals surface area (Å²) in [6.07, 6.45) is 4.34. The number of nitrogens with two attached hydrogens (primary N) is 1. The average molecular weight is 414 g/mol. The summed E-state index contributed by atoms with van der Waals surface area (Å²) in [5.41, 5.74) is 5.77. The Labute approximate surface area is 146 Å². The summed E-state index contributed by atoms with van der Waals surface area (Å²) in [6, 6.07) is 4.70. The van der Waals surface area contributed by atoms with Crippen molar-refractivity contribution < 1.29 is 13.2 Å². The molecule has 0 saturated heterocycles. The Hall–Kier alpha value is -0.340. The molecule has 126 valence electrons. The van der Waals surface area contributed by atoms with Gasteiger partial charge >= 0.3 is 0 Å². The number of halogens is 2. The van der Waals surface area contributed by atoms with Crippen LogP contribution in [0.15, 0.2) is 27.6 Å². The Morgan fingerprint density at radius 1 is 1.41 bits per heavy atom. The van der Waals surface area contributed by atoms with E-state index in [9.17, 15) is 8.42 Å². The Balaban J connectivity index is 0.00000242. The van der Waals surface area contributed by atoms with E-state index < -0.39 is 10.0 Å². The topological polar surface area (TPSA) is 81.4 Å². The SMILES string of the molecule is COc1ccc(Br)cc1S(=O)(=O)NC(CN)C1CCCC1.Cl. The third-order valence-electron chi connectivity index (χ3n) is 3.94. The summed E-state index contributed by atoms with van der Waals surface area (Å²) in [5.74, 6) is 0.649. The first-order valence-corrected chi connectivity index (χ1v) is 9.31. The third kappa shape index (κ3) is 4.58. The molecule has 1 aliphatic rings. The molecule has 22 heavy (non-hydrogen) atoms. The molecule has 1 fully saturated rings. The fourth-order valence-electron chi connectivity index (χ4n) is 2.82. The molecule has 1 aromatic carbocycles. The van der Waals surface area contributed by atoms with E-state index in [1.54, 1.807) is 18.2 Å². The molecule has 8 heteroatoms. The average Bonchev–Trinajstić information content (AvgIpc) is 2.99. The quantitative estimate of drug-likeness (QED) is 0.751. The van der Waals surface area contributed by atoms with Crippen LogP contribution in [0.3, 0.4) is 0 Å². The monoisotopic (exact) mass is 412 g/mol. The molecule has 0 spiro atoms. The fourth-order valence-corrected chi connectivity index (χ4v) is 4.85. The van der Waals surface area contributed by atoms with Crippen molar-refractivity contribution >= 4 is 38.4 Å². The second-order valence-electron chi connectivity index (χ2n) is 5.30. The molecule has 2 rings (SSSR count). The molecule has 0 heterocycles. The van der Waals surface area contributed by atoms with Gasteiger partial charge in [0.2, 0.25) is 10.0 Å². The van der Waals surface area contributed by atoms with Crippen LogP contribution in [0.2, 0.25) is 0 Å². The molecular weight excluding hydrogens is 392 g/mol. The van der Waals surface area contributed by atoms with Gasteiger partial charge in [0.25, 0.3) is 0 Å². The maximum absolute atomic E-state index is 12.6. The fraction of sp³-hybridized carbons (Fsp3) is 0.571. The number of nitrogens with one attached hydrogen (secondary N) is 1. The molecule has 0 aromatic heterocycles. The van der Waals surface area contributed by atoms with Crippen molar-refractivity contribution in [3.63, 3.8) is 0 Å². The lowest BCUT2D eigenvalue weighted by Crippen LogP contribution is -2.44. The molecule has 0 radical (unpaired) electrons. The minimum absolute atomic E-state index is 0. The number of methoxy groups -OCH3 is 1. The maximum atomic E-state index is 12.6. The summed E-state index contributed by atoms with van der Waals surface area (Å²) in [7, 11) is -2.20. The normalized spacial score (nSPS) is 17.0. The lowest BCUT2D eigenvalue weighted by atomic mass is 9.99. The highest BCUT2D eigenvalue weighted by molar-refractivity contribution is 9.10. The first-order valence-electron chi connectivity index (χ1n) is 7.04. The molecule has 1 saturated carbocycles. The summed E-state index contributed by atoms with van der Waals surface area (Å²) < 4.78 is 33.8. The minimum Gasteiger partial charge on any atom is -0.495 e. The van der Waals surface area contributed by atoms with Crippen LogP contribution in [-0.2, 0) is 10.0 Å². The zero-order valence-electron chi connectivity index (χ0n) is 12.4. The van der Waals surface area contributed by atoms with Crippen LogP contribution in [0.1, 0.15) is 25.7 Å². The van der Waals surface area contributed by atoms with Crippen LogP contribution in [0, 0.1) is 5.92 Å². The zero-order valence-corrected chi connectivity index (χ0v) is 15.6. The summed E-state index contributed by atoms with van der Waals surface area (Å²) in [5, 5.41) is 0. The molecule has 1 atom stereocenters. The molecule has 0 aliphatic heterocycles. The number of ether oxygens (including phenoxy) is 1. The minimum atomic E-state index is -3.66. The van der Waals surface area contributed by atoms with Gasteiger partial charge in [0, 0.05) is 17.1 Å². The van der Waals surface area contributed by atoms with Crippen molar-refractivity contribution in [3.05, 3.63) is 22.7 Å². The first-order chi connectivity index (χ1) is 9.97. The van der Waals surface area contributed by atoms with Crippen LogP contribution < -0.4 is 15.2 Å². The number of sulfonamides is 1. The van der Waals surface area contributed by atoms with Crippen LogP contribution in [0.4, 0.5) is 0 Å². The van der Waals surface area contributed by atoms with Gasteiger partial charge in [-0.05, 0) is 37.0 Å². The Morgan fingerprint density at radius 3 is 2.59 bits per heavy atom. The molecule has 1 unspecified atom stereocenters. The number of benzene rings is 1. The second kappa shape index (κ2) is 8.49. The van der Waals surface area contributed by atoms with Crippen LogP contribution in [-0.4, -0.2) is 28.1 Å². The molecule has 1 aromatic rings. The standard InChI is InChI=1S/C14H21BrN2O3S.ClH/c1-20-13-7-6-11(15)8-14(13)21(18,19)17-12(9-16)10-4-2-3-5-10;/h6-8,10,12,17H,2-5,9,16H2,1H3;1H.